The van der Waals surface area contributed by atoms with E-state index >= 15 is 0 Å². The average molecular weight is 419 g/mol. The quantitative estimate of drug-likeness (QED) is 0.829. The largest absolute Gasteiger partial charge is 0.311 e. The number of rotatable bonds is 4. The van der Waals surface area contributed by atoms with Crippen LogP contribution in [0.2, 0.25) is 0 Å². The molecule has 9 heteroatoms. The van der Waals surface area contributed by atoms with E-state index in [-0.39, 0.29) is 15.9 Å². The fourth-order valence-electron chi connectivity index (χ4n) is 2.35. The molecule has 2 aromatic rings. The fraction of sp³-hybridized carbons (Fsp3) is 0.214. The van der Waals surface area contributed by atoms with E-state index in [0.29, 0.717) is 22.4 Å². The van der Waals surface area contributed by atoms with Gasteiger partial charge in [-0.2, -0.15) is 4.72 Å². The first kappa shape index (κ1) is 16.6. The van der Waals surface area contributed by atoms with Gasteiger partial charge in [0.25, 0.3) is 10.0 Å². The zero-order valence-corrected chi connectivity index (χ0v) is 14.9. The van der Waals surface area contributed by atoms with Gasteiger partial charge < -0.3 is 4.90 Å². The summed E-state index contributed by atoms with van der Waals surface area (Å²) in [6.07, 6.45) is 0.363. The molecule has 1 N–H and O–H groups in total. The number of hydrogen-bond donors (Lipinski definition) is 1. The second-order valence-corrected chi connectivity index (χ2v) is 9.39. The van der Waals surface area contributed by atoms with Crippen molar-refractivity contribution in [1.29, 1.82) is 0 Å². The summed E-state index contributed by atoms with van der Waals surface area (Å²) in [5.41, 5.74) is 0.553. The molecule has 0 aliphatic carbocycles. The minimum absolute atomic E-state index is 0.150. The summed E-state index contributed by atoms with van der Waals surface area (Å²) in [7, 11) is -3.74. The summed E-state index contributed by atoms with van der Waals surface area (Å²) in [4.78, 5) is 13.9. The van der Waals surface area contributed by atoms with Crippen LogP contribution >= 0.6 is 27.3 Å². The van der Waals surface area contributed by atoms with E-state index in [0.717, 1.165) is 11.3 Å². The van der Waals surface area contributed by atoms with Gasteiger partial charge >= 0.3 is 0 Å². The maximum atomic E-state index is 13.0. The van der Waals surface area contributed by atoms with Crippen LogP contribution in [-0.2, 0) is 14.8 Å². The van der Waals surface area contributed by atoms with Gasteiger partial charge in [-0.15, -0.1) is 11.3 Å². The highest BCUT2D eigenvalue weighted by Crippen LogP contribution is 2.27. The van der Waals surface area contributed by atoms with Crippen molar-refractivity contribution >= 4 is 48.9 Å². The highest BCUT2D eigenvalue weighted by Gasteiger charge is 2.36. The van der Waals surface area contributed by atoms with Gasteiger partial charge in [-0.1, -0.05) is 0 Å². The number of anilines is 1. The Balaban J connectivity index is 1.76. The Morgan fingerprint density at radius 2 is 1.91 bits per heavy atom. The van der Waals surface area contributed by atoms with E-state index < -0.39 is 16.1 Å². The van der Waals surface area contributed by atoms with Crippen molar-refractivity contribution in [2.24, 2.45) is 0 Å². The van der Waals surface area contributed by atoms with Crippen molar-refractivity contribution in [1.82, 2.24) is 4.72 Å². The number of carbonyl (C=O) groups is 1. The summed E-state index contributed by atoms with van der Waals surface area (Å²) in [6, 6.07) is 7.84. The smallest absolute Gasteiger partial charge is 0.250 e. The zero-order valence-electron chi connectivity index (χ0n) is 11.7. The first-order valence-electron chi connectivity index (χ1n) is 6.71. The van der Waals surface area contributed by atoms with Crippen LogP contribution in [0.3, 0.4) is 0 Å². The average Bonchev–Trinajstić information content (AvgIpc) is 3.08. The van der Waals surface area contributed by atoms with Crippen LogP contribution in [0.5, 0.6) is 0 Å². The minimum atomic E-state index is -3.74. The third-order valence-electron chi connectivity index (χ3n) is 3.45. The van der Waals surface area contributed by atoms with Crippen molar-refractivity contribution in [3.63, 3.8) is 0 Å². The van der Waals surface area contributed by atoms with E-state index in [9.17, 15) is 17.6 Å². The molecule has 1 fully saturated rings. The molecule has 1 aromatic carbocycles. The Bertz CT molecular complexity index is 836. The van der Waals surface area contributed by atoms with E-state index in [1.165, 1.54) is 35.2 Å². The van der Waals surface area contributed by atoms with Crippen LogP contribution < -0.4 is 9.62 Å². The van der Waals surface area contributed by atoms with E-state index in [1.54, 1.807) is 6.07 Å². The third kappa shape index (κ3) is 3.47. The van der Waals surface area contributed by atoms with Gasteiger partial charge in [-0.25, -0.2) is 12.8 Å². The van der Waals surface area contributed by atoms with Crippen LogP contribution in [0.15, 0.2) is 44.4 Å². The number of thiophene rings is 1. The lowest BCUT2D eigenvalue weighted by Crippen LogP contribution is -2.41. The molecule has 2 heterocycles. The summed E-state index contributed by atoms with van der Waals surface area (Å²) < 4.78 is 40.8. The van der Waals surface area contributed by atoms with Gasteiger partial charge in [0.05, 0.1) is 3.79 Å². The molecule has 122 valence electrons. The fourth-order valence-corrected chi connectivity index (χ4v) is 5.60. The highest BCUT2D eigenvalue weighted by atomic mass is 79.9. The molecular weight excluding hydrogens is 407 g/mol. The third-order valence-corrected chi connectivity index (χ3v) is 7.04. The summed E-state index contributed by atoms with van der Waals surface area (Å²) in [6.45, 7) is 0.381. The van der Waals surface area contributed by atoms with Crippen molar-refractivity contribution in [3.05, 3.63) is 46.0 Å². The molecule has 1 saturated heterocycles. The SMILES string of the molecule is O=C1[C@H](NS(=O)(=O)c2ccc(Br)s2)CCN1c1ccc(F)cc1. The minimum Gasteiger partial charge on any atom is -0.311 e. The van der Waals surface area contributed by atoms with Crippen LogP contribution in [0.4, 0.5) is 10.1 Å². The van der Waals surface area contributed by atoms with Gasteiger partial charge in [0, 0.05) is 12.2 Å². The molecule has 0 spiro atoms. The predicted octanol–water partition coefficient (Wildman–Crippen LogP) is 2.73. The Morgan fingerprint density at radius 1 is 1.22 bits per heavy atom. The maximum Gasteiger partial charge on any atom is 0.250 e. The summed E-state index contributed by atoms with van der Waals surface area (Å²) in [5.74, 6) is -0.725. The van der Waals surface area contributed by atoms with E-state index in [2.05, 4.69) is 20.7 Å². The van der Waals surface area contributed by atoms with Crippen molar-refractivity contribution in [2.75, 3.05) is 11.4 Å². The Labute approximate surface area is 145 Å². The normalized spacial score (nSPS) is 18.6. The molecule has 1 aromatic heterocycles. The molecule has 0 unspecified atom stereocenters. The lowest BCUT2D eigenvalue weighted by Gasteiger charge is -2.17. The molecule has 0 bridgehead atoms. The second-order valence-electron chi connectivity index (χ2n) is 4.99. The van der Waals surface area contributed by atoms with Gasteiger partial charge in [0.2, 0.25) is 5.91 Å². The molecule has 1 aliphatic rings. The number of hydrogen-bond acceptors (Lipinski definition) is 4. The Morgan fingerprint density at radius 3 is 2.52 bits per heavy atom. The Hall–Kier alpha value is -1.29. The first-order valence-corrected chi connectivity index (χ1v) is 9.81. The molecule has 1 amide bonds. The highest BCUT2D eigenvalue weighted by molar-refractivity contribution is 9.11. The van der Waals surface area contributed by atoms with Gasteiger partial charge in [-0.3, -0.25) is 4.79 Å². The van der Waals surface area contributed by atoms with Gasteiger partial charge in [0.1, 0.15) is 16.1 Å². The molecular formula is C14H12BrFN2O3S2. The van der Waals surface area contributed by atoms with Crippen molar-refractivity contribution in [2.45, 2.75) is 16.7 Å². The summed E-state index contributed by atoms with van der Waals surface area (Å²) >= 11 is 4.29. The molecule has 5 nitrogen and oxygen atoms in total. The Kier molecular flexibility index (Phi) is 4.54. The monoisotopic (exact) mass is 418 g/mol. The lowest BCUT2D eigenvalue weighted by atomic mass is 10.3. The maximum absolute atomic E-state index is 13.0. The molecule has 0 saturated carbocycles. The van der Waals surface area contributed by atoms with E-state index in [4.69, 9.17) is 0 Å². The van der Waals surface area contributed by atoms with Crippen LogP contribution in [-0.4, -0.2) is 26.9 Å². The van der Waals surface area contributed by atoms with Gasteiger partial charge in [0.15, 0.2) is 0 Å². The number of benzene rings is 1. The van der Waals surface area contributed by atoms with Crippen LogP contribution in [0.1, 0.15) is 6.42 Å². The topological polar surface area (TPSA) is 66.5 Å². The first-order chi connectivity index (χ1) is 10.9. The summed E-state index contributed by atoms with van der Waals surface area (Å²) in [5, 5.41) is 0. The molecule has 1 atom stereocenters. The number of halogens is 2. The van der Waals surface area contributed by atoms with Gasteiger partial charge in [-0.05, 0) is 58.7 Å². The number of nitrogens with zero attached hydrogens (tertiary/aromatic N) is 1. The second kappa shape index (κ2) is 6.31. The zero-order chi connectivity index (χ0) is 16.6. The lowest BCUT2D eigenvalue weighted by molar-refractivity contribution is -0.118. The van der Waals surface area contributed by atoms with E-state index in [1.807, 2.05) is 0 Å². The van der Waals surface area contributed by atoms with Crippen molar-refractivity contribution in [3.8, 4) is 0 Å². The van der Waals surface area contributed by atoms with Crippen molar-refractivity contribution < 1.29 is 17.6 Å². The number of nitrogens with one attached hydrogen (secondary N) is 1. The van der Waals surface area contributed by atoms with Crippen LogP contribution in [0.25, 0.3) is 0 Å². The standard InChI is InChI=1S/C14H12BrFN2O3S2/c15-12-5-6-13(22-12)23(20,21)17-11-7-8-18(14(11)19)10-3-1-9(16)2-4-10/h1-6,11,17H,7-8H2/t11-/m1/s1. The predicted molar refractivity (Wildman–Crippen MR) is 89.5 cm³/mol. The number of sulfonamides is 1. The molecule has 3 rings (SSSR count). The molecule has 0 radical (unpaired) electrons. The molecule has 23 heavy (non-hydrogen) atoms. The molecule has 1 aliphatic heterocycles. The number of carbonyl (C=O) groups excluding carboxylic acids is 1. The number of amides is 1. The van der Waals surface area contributed by atoms with Crippen LogP contribution in [0, 0.1) is 5.82 Å².